The number of nitrogens with zero attached hydrogens (tertiary/aromatic N) is 2. The van der Waals surface area contributed by atoms with E-state index >= 15 is 0 Å². The predicted octanol–water partition coefficient (Wildman–Crippen LogP) is 2.41. The van der Waals surface area contributed by atoms with Crippen LogP contribution in [0.2, 0.25) is 0 Å². The molecule has 1 heterocycles. The normalized spacial score (nSPS) is 10.4. The van der Waals surface area contributed by atoms with E-state index in [-0.39, 0.29) is 24.1 Å². The van der Waals surface area contributed by atoms with Crippen LogP contribution in [0.15, 0.2) is 41.0 Å². The number of carbonyl (C=O) groups excluding carboxylic acids is 2. The fourth-order valence-electron chi connectivity index (χ4n) is 2.33. The Morgan fingerprint density at radius 1 is 1.21 bits per heavy atom. The summed E-state index contributed by atoms with van der Waals surface area (Å²) in [7, 11) is 0. The number of rotatable bonds is 8. The van der Waals surface area contributed by atoms with Gasteiger partial charge in [0.15, 0.2) is 5.69 Å². The predicted molar refractivity (Wildman–Crippen MR) is 90.4 cm³/mol. The molecule has 0 saturated heterocycles. The molecule has 0 unspecified atom stereocenters. The molecule has 0 bridgehead atoms. The Labute approximate surface area is 141 Å². The van der Waals surface area contributed by atoms with Gasteiger partial charge in [-0.15, -0.1) is 0 Å². The molecule has 1 aromatic heterocycles. The Morgan fingerprint density at radius 3 is 2.62 bits per heavy atom. The molecule has 1 aromatic carbocycles. The fraction of sp³-hybridized carbons (Fsp3) is 0.389. The summed E-state index contributed by atoms with van der Waals surface area (Å²) in [6.45, 7) is 5.10. The van der Waals surface area contributed by atoms with Crippen LogP contribution in [-0.4, -0.2) is 34.8 Å². The Balaban J connectivity index is 1.91. The minimum Gasteiger partial charge on any atom is -0.446 e. The van der Waals surface area contributed by atoms with E-state index in [4.69, 9.17) is 4.42 Å². The molecule has 2 rings (SSSR count). The average molecular weight is 329 g/mol. The summed E-state index contributed by atoms with van der Waals surface area (Å²) >= 11 is 0. The SMILES string of the molecule is CCNC(=O)c1coc(CN(CC)C(=O)CCc2ccccc2)n1. The summed E-state index contributed by atoms with van der Waals surface area (Å²) in [5, 5.41) is 2.66. The van der Waals surface area contributed by atoms with Crippen molar-refractivity contribution in [2.75, 3.05) is 13.1 Å². The largest absolute Gasteiger partial charge is 0.446 e. The zero-order chi connectivity index (χ0) is 17.4. The van der Waals surface area contributed by atoms with Gasteiger partial charge in [-0.25, -0.2) is 4.98 Å². The molecular formula is C18H23N3O3. The van der Waals surface area contributed by atoms with E-state index in [2.05, 4.69) is 10.3 Å². The Hall–Kier alpha value is -2.63. The second kappa shape index (κ2) is 8.86. The van der Waals surface area contributed by atoms with Crippen molar-refractivity contribution in [3.8, 4) is 0 Å². The molecule has 0 aliphatic rings. The molecule has 24 heavy (non-hydrogen) atoms. The van der Waals surface area contributed by atoms with Crippen molar-refractivity contribution in [2.45, 2.75) is 33.2 Å². The van der Waals surface area contributed by atoms with Gasteiger partial charge in [-0.3, -0.25) is 9.59 Å². The number of amides is 2. The quantitative estimate of drug-likeness (QED) is 0.807. The summed E-state index contributed by atoms with van der Waals surface area (Å²) in [4.78, 5) is 29.9. The summed E-state index contributed by atoms with van der Waals surface area (Å²) in [5.41, 5.74) is 1.37. The lowest BCUT2D eigenvalue weighted by atomic mass is 10.1. The van der Waals surface area contributed by atoms with E-state index in [1.54, 1.807) is 4.90 Å². The summed E-state index contributed by atoms with van der Waals surface area (Å²) in [6.07, 6.45) is 2.45. The Kier molecular flexibility index (Phi) is 6.54. The van der Waals surface area contributed by atoms with Crippen molar-refractivity contribution in [1.29, 1.82) is 0 Å². The number of benzene rings is 1. The van der Waals surface area contributed by atoms with Gasteiger partial charge >= 0.3 is 0 Å². The fourth-order valence-corrected chi connectivity index (χ4v) is 2.33. The van der Waals surface area contributed by atoms with Crippen LogP contribution >= 0.6 is 0 Å². The number of carbonyl (C=O) groups is 2. The smallest absolute Gasteiger partial charge is 0.273 e. The minimum absolute atomic E-state index is 0.0408. The van der Waals surface area contributed by atoms with E-state index < -0.39 is 0 Å². The van der Waals surface area contributed by atoms with Crippen molar-refractivity contribution in [3.05, 3.63) is 53.7 Å². The molecule has 2 aromatic rings. The molecule has 0 aliphatic carbocycles. The zero-order valence-corrected chi connectivity index (χ0v) is 14.1. The monoisotopic (exact) mass is 329 g/mol. The Bertz CT molecular complexity index is 667. The molecule has 6 nitrogen and oxygen atoms in total. The van der Waals surface area contributed by atoms with Crippen molar-refractivity contribution >= 4 is 11.8 Å². The van der Waals surface area contributed by atoms with Gasteiger partial charge in [0, 0.05) is 19.5 Å². The number of hydrogen-bond acceptors (Lipinski definition) is 4. The standard InChI is InChI=1S/C18H23N3O3/c1-3-19-18(23)15-13-24-16(20-15)12-21(4-2)17(22)11-10-14-8-6-5-7-9-14/h5-9,13H,3-4,10-12H2,1-2H3,(H,19,23). The number of aryl methyl sites for hydroxylation is 1. The topological polar surface area (TPSA) is 75.4 Å². The van der Waals surface area contributed by atoms with Crippen molar-refractivity contribution < 1.29 is 14.0 Å². The van der Waals surface area contributed by atoms with E-state index in [0.717, 1.165) is 5.56 Å². The van der Waals surface area contributed by atoms with Crippen molar-refractivity contribution in [1.82, 2.24) is 15.2 Å². The van der Waals surface area contributed by atoms with E-state index in [0.29, 0.717) is 31.8 Å². The van der Waals surface area contributed by atoms with Gasteiger partial charge in [-0.05, 0) is 25.8 Å². The van der Waals surface area contributed by atoms with Crippen LogP contribution in [0.5, 0.6) is 0 Å². The maximum atomic E-state index is 12.4. The van der Waals surface area contributed by atoms with Crippen LogP contribution in [0.3, 0.4) is 0 Å². The molecule has 6 heteroatoms. The molecule has 0 fully saturated rings. The second-order valence-electron chi connectivity index (χ2n) is 5.38. The van der Waals surface area contributed by atoms with Crippen LogP contribution in [0.4, 0.5) is 0 Å². The third kappa shape index (κ3) is 4.94. The lowest BCUT2D eigenvalue weighted by molar-refractivity contribution is -0.131. The van der Waals surface area contributed by atoms with Gasteiger partial charge in [-0.2, -0.15) is 0 Å². The highest BCUT2D eigenvalue weighted by atomic mass is 16.3. The van der Waals surface area contributed by atoms with Crippen LogP contribution in [0.1, 0.15) is 42.2 Å². The van der Waals surface area contributed by atoms with Gasteiger partial charge < -0.3 is 14.6 Å². The van der Waals surface area contributed by atoms with Gasteiger partial charge in [0.2, 0.25) is 11.8 Å². The molecule has 128 valence electrons. The van der Waals surface area contributed by atoms with Crippen molar-refractivity contribution in [2.24, 2.45) is 0 Å². The second-order valence-corrected chi connectivity index (χ2v) is 5.38. The van der Waals surface area contributed by atoms with Crippen LogP contribution in [-0.2, 0) is 17.8 Å². The van der Waals surface area contributed by atoms with Gasteiger partial charge in [0.1, 0.15) is 6.26 Å². The molecule has 0 atom stereocenters. The van der Waals surface area contributed by atoms with Crippen LogP contribution in [0.25, 0.3) is 0 Å². The highest BCUT2D eigenvalue weighted by molar-refractivity contribution is 5.91. The number of oxazole rings is 1. The van der Waals surface area contributed by atoms with Gasteiger partial charge in [0.05, 0.1) is 6.54 Å². The number of hydrogen-bond donors (Lipinski definition) is 1. The minimum atomic E-state index is -0.272. The summed E-state index contributed by atoms with van der Waals surface area (Å²) < 4.78 is 5.31. The maximum Gasteiger partial charge on any atom is 0.273 e. The zero-order valence-electron chi connectivity index (χ0n) is 14.1. The van der Waals surface area contributed by atoms with E-state index in [1.165, 1.54) is 6.26 Å². The van der Waals surface area contributed by atoms with Crippen LogP contribution < -0.4 is 5.32 Å². The molecule has 1 N–H and O–H groups in total. The Morgan fingerprint density at radius 2 is 1.96 bits per heavy atom. The first kappa shape index (κ1) is 17.7. The van der Waals surface area contributed by atoms with Crippen molar-refractivity contribution in [3.63, 3.8) is 0 Å². The third-order valence-corrected chi connectivity index (χ3v) is 3.65. The molecule has 0 radical (unpaired) electrons. The maximum absolute atomic E-state index is 12.4. The number of aromatic nitrogens is 1. The van der Waals surface area contributed by atoms with E-state index in [1.807, 2.05) is 44.2 Å². The lowest BCUT2D eigenvalue weighted by Gasteiger charge is -2.19. The summed E-state index contributed by atoms with van der Waals surface area (Å²) in [5.74, 6) is 0.135. The molecular weight excluding hydrogens is 306 g/mol. The third-order valence-electron chi connectivity index (χ3n) is 3.65. The molecule has 0 saturated carbocycles. The number of nitrogens with one attached hydrogen (secondary N) is 1. The lowest BCUT2D eigenvalue weighted by Crippen LogP contribution is -2.30. The highest BCUT2D eigenvalue weighted by Crippen LogP contribution is 2.09. The highest BCUT2D eigenvalue weighted by Gasteiger charge is 2.17. The van der Waals surface area contributed by atoms with Gasteiger partial charge in [-0.1, -0.05) is 30.3 Å². The summed E-state index contributed by atoms with van der Waals surface area (Å²) in [6, 6.07) is 9.91. The molecule has 2 amide bonds. The van der Waals surface area contributed by atoms with E-state index in [9.17, 15) is 9.59 Å². The van der Waals surface area contributed by atoms with Gasteiger partial charge in [0.25, 0.3) is 5.91 Å². The van der Waals surface area contributed by atoms with Crippen LogP contribution in [0, 0.1) is 0 Å². The molecule has 0 spiro atoms. The first-order chi connectivity index (χ1) is 11.6. The average Bonchev–Trinajstić information content (AvgIpc) is 3.07. The first-order valence-electron chi connectivity index (χ1n) is 8.18. The molecule has 0 aliphatic heterocycles. The first-order valence-corrected chi connectivity index (χ1v) is 8.18.